The summed E-state index contributed by atoms with van der Waals surface area (Å²) in [7, 11) is 0. The van der Waals surface area contributed by atoms with E-state index >= 15 is 0 Å². The Balaban J connectivity index is 1.66. The third kappa shape index (κ3) is 6.27. The summed E-state index contributed by atoms with van der Waals surface area (Å²) in [5.74, 6) is -1.27. The number of benzene rings is 2. The molecule has 0 spiro atoms. The van der Waals surface area contributed by atoms with Gasteiger partial charge in [0, 0.05) is 11.3 Å². The number of aryl methyl sites for hydroxylation is 2. The van der Waals surface area contributed by atoms with Crippen LogP contribution in [0.5, 0.6) is 0 Å². The highest BCUT2D eigenvalue weighted by Crippen LogP contribution is 2.07. The molecule has 0 saturated carbocycles. The van der Waals surface area contributed by atoms with Crippen molar-refractivity contribution in [2.24, 2.45) is 0 Å². The molecule has 0 atom stereocenters. The van der Waals surface area contributed by atoms with Gasteiger partial charge in [0.15, 0.2) is 0 Å². The molecular formula is C19H22N4O3. The van der Waals surface area contributed by atoms with Crippen LogP contribution < -0.4 is 21.5 Å². The maximum absolute atomic E-state index is 11.9. The average molecular weight is 354 g/mol. The van der Waals surface area contributed by atoms with E-state index in [0.29, 0.717) is 5.56 Å². The first-order valence-electron chi connectivity index (χ1n) is 8.17. The Bertz CT molecular complexity index is 770. The zero-order chi connectivity index (χ0) is 18.9. The standard InChI is InChI=1S/C19H22N4O3/c1-13-3-7-15(8-4-13)19(26)21-12-18(25)23-22-17(24)11-20-16-9-5-14(2)6-10-16/h3-10,20H,11-12H2,1-2H3,(H,21,26)(H,22,24)(H,23,25). The molecule has 7 heteroatoms. The van der Waals surface area contributed by atoms with Crippen molar-refractivity contribution < 1.29 is 14.4 Å². The fourth-order valence-electron chi connectivity index (χ4n) is 2.05. The molecule has 26 heavy (non-hydrogen) atoms. The zero-order valence-corrected chi connectivity index (χ0v) is 14.8. The molecule has 0 aliphatic heterocycles. The number of carbonyl (C=O) groups excluding carboxylic acids is 3. The summed E-state index contributed by atoms with van der Waals surface area (Å²) in [4.78, 5) is 35.3. The number of rotatable bonds is 6. The molecular weight excluding hydrogens is 332 g/mol. The summed E-state index contributed by atoms with van der Waals surface area (Å²) in [6, 6.07) is 14.6. The summed E-state index contributed by atoms with van der Waals surface area (Å²) < 4.78 is 0. The van der Waals surface area contributed by atoms with E-state index in [-0.39, 0.29) is 19.0 Å². The Morgan fingerprint density at radius 2 is 1.23 bits per heavy atom. The van der Waals surface area contributed by atoms with Gasteiger partial charge in [0.25, 0.3) is 17.7 Å². The van der Waals surface area contributed by atoms with Gasteiger partial charge >= 0.3 is 0 Å². The largest absolute Gasteiger partial charge is 0.376 e. The number of hydrazine groups is 1. The summed E-state index contributed by atoms with van der Waals surface area (Å²) in [6.07, 6.45) is 0. The molecule has 2 aromatic carbocycles. The van der Waals surface area contributed by atoms with Gasteiger partial charge in [-0.05, 0) is 38.1 Å². The van der Waals surface area contributed by atoms with Gasteiger partial charge in [-0.25, -0.2) is 0 Å². The summed E-state index contributed by atoms with van der Waals surface area (Å²) in [6.45, 7) is 3.67. The van der Waals surface area contributed by atoms with Crippen molar-refractivity contribution in [1.29, 1.82) is 0 Å². The van der Waals surface area contributed by atoms with Crippen molar-refractivity contribution >= 4 is 23.4 Å². The normalized spacial score (nSPS) is 9.92. The predicted octanol–water partition coefficient (Wildman–Crippen LogP) is 1.29. The predicted molar refractivity (Wildman–Crippen MR) is 99.5 cm³/mol. The first-order valence-corrected chi connectivity index (χ1v) is 8.17. The van der Waals surface area contributed by atoms with Gasteiger partial charge in [-0.2, -0.15) is 0 Å². The van der Waals surface area contributed by atoms with Gasteiger partial charge in [-0.15, -0.1) is 0 Å². The van der Waals surface area contributed by atoms with Gasteiger partial charge in [0.2, 0.25) is 0 Å². The van der Waals surface area contributed by atoms with Crippen molar-refractivity contribution in [2.75, 3.05) is 18.4 Å². The number of anilines is 1. The molecule has 0 fully saturated rings. The van der Waals surface area contributed by atoms with E-state index in [4.69, 9.17) is 0 Å². The van der Waals surface area contributed by atoms with Crippen LogP contribution in [0, 0.1) is 13.8 Å². The Kier molecular flexibility index (Phi) is 6.73. The lowest BCUT2D eigenvalue weighted by atomic mass is 10.1. The Hall–Kier alpha value is -3.35. The van der Waals surface area contributed by atoms with Gasteiger partial charge in [-0.3, -0.25) is 25.2 Å². The van der Waals surface area contributed by atoms with Gasteiger partial charge in [-0.1, -0.05) is 35.4 Å². The third-order valence-corrected chi connectivity index (χ3v) is 3.57. The lowest BCUT2D eigenvalue weighted by Gasteiger charge is -2.10. The van der Waals surface area contributed by atoms with E-state index in [1.807, 2.05) is 50.2 Å². The first-order chi connectivity index (χ1) is 12.4. The highest BCUT2D eigenvalue weighted by molar-refractivity contribution is 5.96. The lowest BCUT2D eigenvalue weighted by molar-refractivity contribution is -0.127. The molecule has 0 heterocycles. The number of carbonyl (C=O) groups is 3. The van der Waals surface area contributed by atoms with Crippen LogP contribution in [0.1, 0.15) is 21.5 Å². The van der Waals surface area contributed by atoms with Crippen molar-refractivity contribution in [1.82, 2.24) is 16.2 Å². The fourth-order valence-corrected chi connectivity index (χ4v) is 2.05. The second-order valence-electron chi connectivity index (χ2n) is 5.86. The Labute approximate surface area is 152 Å². The van der Waals surface area contributed by atoms with Crippen LogP contribution >= 0.6 is 0 Å². The Morgan fingerprint density at radius 3 is 1.81 bits per heavy atom. The van der Waals surface area contributed by atoms with Crippen molar-refractivity contribution in [3.63, 3.8) is 0 Å². The minimum Gasteiger partial charge on any atom is -0.376 e. The van der Waals surface area contributed by atoms with E-state index in [9.17, 15) is 14.4 Å². The van der Waals surface area contributed by atoms with Crippen LogP contribution in [0.15, 0.2) is 48.5 Å². The number of amides is 3. The maximum Gasteiger partial charge on any atom is 0.257 e. The van der Waals surface area contributed by atoms with Gasteiger partial charge in [0.1, 0.15) is 0 Å². The molecule has 7 nitrogen and oxygen atoms in total. The summed E-state index contributed by atoms with van der Waals surface area (Å²) in [5.41, 5.74) is 7.98. The van der Waals surface area contributed by atoms with Crippen molar-refractivity contribution in [3.05, 3.63) is 65.2 Å². The van der Waals surface area contributed by atoms with Gasteiger partial charge < -0.3 is 10.6 Å². The molecule has 0 aliphatic carbocycles. The molecule has 136 valence electrons. The average Bonchev–Trinajstić information content (AvgIpc) is 2.64. The van der Waals surface area contributed by atoms with Crippen molar-refractivity contribution in [3.8, 4) is 0 Å². The van der Waals surface area contributed by atoms with Crippen LogP contribution in [-0.2, 0) is 9.59 Å². The smallest absolute Gasteiger partial charge is 0.257 e. The number of hydrogen-bond acceptors (Lipinski definition) is 4. The topological polar surface area (TPSA) is 99.3 Å². The van der Waals surface area contributed by atoms with Crippen LogP contribution in [0.2, 0.25) is 0 Å². The minimum atomic E-state index is -0.519. The van der Waals surface area contributed by atoms with Crippen LogP contribution in [0.3, 0.4) is 0 Å². The molecule has 0 unspecified atom stereocenters. The quantitative estimate of drug-likeness (QED) is 0.588. The highest BCUT2D eigenvalue weighted by atomic mass is 16.2. The van der Waals surface area contributed by atoms with E-state index < -0.39 is 11.8 Å². The molecule has 2 aromatic rings. The molecule has 3 amide bonds. The van der Waals surface area contributed by atoms with E-state index in [1.165, 1.54) is 0 Å². The molecule has 0 aliphatic rings. The van der Waals surface area contributed by atoms with Gasteiger partial charge in [0.05, 0.1) is 13.1 Å². The lowest BCUT2D eigenvalue weighted by Crippen LogP contribution is -2.47. The molecule has 2 rings (SSSR count). The summed E-state index contributed by atoms with van der Waals surface area (Å²) in [5, 5.41) is 5.43. The highest BCUT2D eigenvalue weighted by Gasteiger charge is 2.08. The van der Waals surface area contributed by atoms with Crippen LogP contribution in [-0.4, -0.2) is 30.8 Å². The van der Waals surface area contributed by atoms with E-state index in [2.05, 4.69) is 21.5 Å². The second kappa shape index (κ2) is 9.22. The minimum absolute atomic E-state index is 0.0130. The molecule has 0 bridgehead atoms. The number of hydrogen-bond donors (Lipinski definition) is 4. The molecule has 4 N–H and O–H groups in total. The third-order valence-electron chi connectivity index (χ3n) is 3.57. The SMILES string of the molecule is Cc1ccc(NCC(=O)NNC(=O)CNC(=O)c2ccc(C)cc2)cc1. The van der Waals surface area contributed by atoms with E-state index in [1.54, 1.807) is 12.1 Å². The first kappa shape index (κ1) is 19.0. The monoisotopic (exact) mass is 354 g/mol. The molecule has 0 radical (unpaired) electrons. The van der Waals surface area contributed by atoms with E-state index in [0.717, 1.165) is 16.8 Å². The maximum atomic E-state index is 11.9. The fraction of sp³-hybridized carbons (Fsp3) is 0.211. The number of nitrogens with one attached hydrogen (secondary N) is 4. The molecule has 0 saturated heterocycles. The molecule has 0 aromatic heterocycles. The summed E-state index contributed by atoms with van der Waals surface area (Å²) >= 11 is 0. The van der Waals surface area contributed by atoms with Crippen molar-refractivity contribution in [2.45, 2.75) is 13.8 Å². The Morgan fingerprint density at radius 1 is 0.731 bits per heavy atom. The van der Waals surface area contributed by atoms with Crippen LogP contribution in [0.25, 0.3) is 0 Å². The zero-order valence-electron chi connectivity index (χ0n) is 14.8. The van der Waals surface area contributed by atoms with Crippen LogP contribution in [0.4, 0.5) is 5.69 Å². The second-order valence-corrected chi connectivity index (χ2v) is 5.86.